The van der Waals surface area contributed by atoms with Gasteiger partial charge in [-0.3, -0.25) is 9.69 Å². The highest BCUT2D eigenvalue weighted by Crippen LogP contribution is 2.29. The molecule has 7 heteroatoms. The molecule has 1 fully saturated rings. The van der Waals surface area contributed by atoms with Crippen molar-refractivity contribution in [1.29, 1.82) is 0 Å². The molecule has 2 aromatic carbocycles. The molecule has 1 amide bonds. The lowest BCUT2D eigenvalue weighted by molar-refractivity contribution is -0.123. The van der Waals surface area contributed by atoms with Crippen LogP contribution in [0.2, 0.25) is 5.02 Å². The second kappa shape index (κ2) is 11.0. The minimum Gasteiger partial charge on any atom is -0.484 e. The quantitative estimate of drug-likeness (QED) is 0.503. The molecule has 0 saturated carbocycles. The third-order valence-corrected chi connectivity index (χ3v) is 5.72. The summed E-state index contributed by atoms with van der Waals surface area (Å²) in [7, 11) is 0. The Hall–Kier alpha value is -3.09. The maximum Gasteiger partial charge on any atom is 0.258 e. The van der Waals surface area contributed by atoms with Crippen LogP contribution >= 0.6 is 11.6 Å². The third kappa shape index (κ3) is 5.99. The predicted octanol–water partition coefficient (Wildman–Crippen LogP) is 4.86. The highest BCUT2D eigenvalue weighted by molar-refractivity contribution is 6.31. The first-order valence-electron chi connectivity index (χ1n) is 10.8. The minimum absolute atomic E-state index is 0.0465. The van der Waals surface area contributed by atoms with Gasteiger partial charge in [-0.25, -0.2) is 4.98 Å². The van der Waals surface area contributed by atoms with Gasteiger partial charge in [0.1, 0.15) is 11.5 Å². The highest BCUT2D eigenvalue weighted by Gasteiger charge is 2.25. The number of nitrogens with one attached hydrogen (secondary N) is 1. The normalized spacial score (nSPS) is 14.7. The first-order valence-corrected chi connectivity index (χ1v) is 11.1. The monoisotopic (exact) mass is 451 g/mol. The zero-order valence-electron chi connectivity index (χ0n) is 17.7. The topological polar surface area (TPSA) is 63.7 Å². The number of halogens is 1. The summed E-state index contributed by atoms with van der Waals surface area (Å²) in [5.41, 5.74) is 1.04. The van der Waals surface area contributed by atoms with Gasteiger partial charge >= 0.3 is 0 Å². The standard InChI is InChI=1S/C25H26ClN3O3/c26-22-11-2-1-10-21(22)23(29-14-5-6-15-29)17-28-24(30)18-31-19-8-7-9-20(16-19)32-25-12-3-4-13-27-25/h1-4,7-13,16,23H,5-6,14-15,17-18H2,(H,28,30). The molecule has 1 saturated heterocycles. The Kier molecular flexibility index (Phi) is 7.59. The first kappa shape index (κ1) is 22.1. The molecule has 0 radical (unpaired) electrons. The molecule has 4 rings (SSSR count). The number of carbonyl (C=O) groups is 1. The number of hydrogen-bond donors (Lipinski definition) is 1. The van der Waals surface area contributed by atoms with Crippen LogP contribution in [0.3, 0.4) is 0 Å². The van der Waals surface area contributed by atoms with Crippen molar-refractivity contribution in [2.75, 3.05) is 26.2 Å². The fraction of sp³-hybridized carbons (Fsp3) is 0.280. The van der Waals surface area contributed by atoms with Crippen molar-refractivity contribution in [2.24, 2.45) is 0 Å². The van der Waals surface area contributed by atoms with Crippen molar-refractivity contribution in [3.8, 4) is 17.4 Å². The van der Waals surface area contributed by atoms with Crippen LogP contribution in [0.5, 0.6) is 17.4 Å². The number of nitrogens with zero attached hydrogens (tertiary/aromatic N) is 2. The number of benzene rings is 2. The maximum absolute atomic E-state index is 12.5. The molecule has 1 aliphatic rings. The van der Waals surface area contributed by atoms with Crippen molar-refractivity contribution in [3.05, 3.63) is 83.5 Å². The summed E-state index contributed by atoms with van der Waals surface area (Å²) in [6.07, 6.45) is 3.99. The summed E-state index contributed by atoms with van der Waals surface area (Å²) in [4.78, 5) is 19.0. The largest absolute Gasteiger partial charge is 0.484 e. The van der Waals surface area contributed by atoms with Crippen LogP contribution in [0.25, 0.3) is 0 Å². The highest BCUT2D eigenvalue weighted by atomic mass is 35.5. The van der Waals surface area contributed by atoms with Crippen LogP contribution in [-0.2, 0) is 4.79 Å². The summed E-state index contributed by atoms with van der Waals surface area (Å²) in [6, 6.07) is 20.5. The molecule has 1 N–H and O–H groups in total. The predicted molar refractivity (Wildman–Crippen MR) is 124 cm³/mol. The summed E-state index contributed by atoms with van der Waals surface area (Å²) < 4.78 is 11.4. The number of rotatable bonds is 9. The third-order valence-electron chi connectivity index (χ3n) is 5.37. The van der Waals surface area contributed by atoms with E-state index >= 15 is 0 Å². The molecule has 1 aliphatic heterocycles. The van der Waals surface area contributed by atoms with Crippen LogP contribution < -0.4 is 14.8 Å². The Labute approximate surface area is 193 Å². The smallest absolute Gasteiger partial charge is 0.258 e. The van der Waals surface area contributed by atoms with Gasteiger partial charge in [0.25, 0.3) is 5.91 Å². The zero-order valence-corrected chi connectivity index (χ0v) is 18.5. The van der Waals surface area contributed by atoms with Crippen molar-refractivity contribution >= 4 is 17.5 Å². The molecule has 3 aromatic rings. The van der Waals surface area contributed by atoms with Crippen LogP contribution in [-0.4, -0.2) is 42.0 Å². The zero-order chi connectivity index (χ0) is 22.2. The number of pyridine rings is 1. The SMILES string of the molecule is O=C(COc1cccc(Oc2ccccn2)c1)NCC(c1ccccc1Cl)N1CCCC1. The van der Waals surface area contributed by atoms with E-state index in [-0.39, 0.29) is 18.6 Å². The summed E-state index contributed by atoms with van der Waals surface area (Å²) in [5.74, 6) is 1.46. The fourth-order valence-electron chi connectivity index (χ4n) is 3.80. The van der Waals surface area contributed by atoms with Gasteiger partial charge < -0.3 is 14.8 Å². The second-order valence-electron chi connectivity index (χ2n) is 7.62. The number of carbonyl (C=O) groups excluding carboxylic acids is 1. The van der Waals surface area contributed by atoms with E-state index in [1.165, 1.54) is 0 Å². The number of aromatic nitrogens is 1. The van der Waals surface area contributed by atoms with Crippen LogP contribution in [0.1, 0.15) is 24.4 Å². The van der Waals surface area contributed by atoms with Gasteiger partial charge in [0, 0.05) is 29.9 Å². The van der Waals surface area contributed by atoms with Gasteiger partial charge in [-0.2, -0.15) is 0 Å². The Morgan fingerprint density at radius 3 is 2.59 bits per heavy atom. The van der Waals surface area contributed by atoms with Crippen molar-refractivity contribution in [3.63, 3.8) is 0 Å². The van der Waals surface area contributed by atoms with Gasteiger partial charge in [0.2, 0.25) is 5.88 Å². The van der Waals surface area contributed by atoms with E-state index in [9.17, 15) is 4.79 Å². The van der Waals surface area contributed by atoms with E-state index in [2.05, 4.69) is 15.2 Å². The molecule has 166 valence electrons. The molecule has 0 spiro atoms. The summed E-state index contributed by atoms with van der Waals surface area (Å²) in [5, 5.41) is 3.73. The van der Waals surface area contributed by atoms with Gasteiger partial charge in [-0.15, -0.1) is 0 Å². The van der Waals surface area contributed by atoms with Crippen molar-refractivity contribution in [1.82, 2.24) is 15.2 Å². The molecule has 1 atom stereocenters. The number of likely N-dealkylation sites (tertiary alicyclic amines) is 1. The summed E-state index contributed by atoms with van der Waals surface area (Å²) in [6.45, 7) is 2.41. The van der Waals surface area contributed by atoms with Crippen LogP contribution in [0.4, 0.5) is 0 Å². The summed E-state index contributed by atoms with van der Waals surface area (Å²) >= 11 is 6.45. The molecular formula is C25H26ClN3O3. The van der Waals surface area contributed by atoms with E-state index in [0.29, 0.717) is 23.9 Å². The van der Waals surface area contributed by atoms with Crippen molar-refractivity contribution in [2.45, 2.75) is 18.9 Å². The van der Waals surface area contributed by atoms with E-state index < -0.39 is 0 Å². The Balaban J connectivity index is 1.32. The van der Waals surface area contributed by atoms with E-state index in [4.69, 9.17) is 21.1 Å². The Morgan fingerprint density at radius 2 is 1.81 bits per heavy atom. The molecule has 1 unspecified atom stereocenters. The van der Waals surface area contributed by atoms with Crippen LogP contribution in [0, 0.1) is 0 Å². The average Bonchev–Trinajstić information content (AvgIpc) is 3.35. The maximum atomic E-state index is 12.5. The van der Waals surface area contributed by atoms with E-state index in [1.807, 2.05) is 48.5 Å². The number of amides is 1. The van der Waals surface area contributed by atoms with Crippen LogP contribution in [0.15, 0.2) is 72.9 Å². The van der Waals surface area contributed by atoms with Gasteiger partial charge in [0.15, 0.2) is 6.61 Å². The molecule has 32 heavy (non-hydrogen) atoms. The number of hydrogen-bond acceptors (Lipinski definition) is 5. The fourth-order valence-corrected chi connectivity index (χ4v) is 4.06. The molecule has 1 aromatic heterocycles. The van der Waals surface area contributed by atoms with Gasteiger partial charge in [-0.1, -0.05) is 41.9 Å². The lowest BCUT2D eigenvalue weighted by Crippen LogP contribution is -2.38. The van der Waals surface area contributed by atoms with E-state index in [0.717, 1.165) is 36.5 Å². The Bertz CT molecular complexity index is 1030. The average molecular weight is 452 g/mol. The Morgan fingerprint density at radius 1 is 1.03 bits per heavy atom. The van der Waals surface area contributed by atoms with Crippen molar-refractivity contribution < 1.29 is 14.3 Å². The molecule has 6 nitrogen and oxygen atoms in total. The van der Waals surface area contributed by atoms with E-state index in [1.54, 1.807) is 24.4 Å². The lowest BCUT2D eigenvalue weighted by atomic mass is 10.1. The van der Waals surface area contributed by atoms with Gasteiger partial charge in [0.05, 0.1) is 6.04 Å². The molecule has 0 aliphatic carbocycles. The molecular weight excluding hydrogens is 426 g/mol. The number of ether oxygens (including phenoxy) is 2. The minimum atomic E-state index is -0.183. The molecule has 0 bridgehead atoms. The second-order valence-corrected chi connectivity index (χ2v) is 8.03. The molecule has 2 heterocycles. The lowest BCUT2D eigenvalue weighted by Gasteiger charge is -2.29. The van der Waals surface area contributed by atoms with Gasteiger partial charge in [-0.05, 0) is 55.8 Å². The first-order chi connectivity index (χ1) is 15.7.